The summed E-state index contributed by atoms with van der Waals surface area (Å²) < 4.78 is 42.9. The first-order valence-electron chi connectivity index (χ1n) is 6.53. The van der Waals surface area contributed by atoms with Crippen molar-refractivity contribution in [3.8, 4) is 5.88 Å². The van der Waals surface area contributed by atoms with Gasteiger partial charge in [-0.2, -0.15) is 18.2 Å². The maximum atomic E-state index is 12.6. The molecule has 0 radical (unpaired) electrons. The van der Waals surface area contributed by atoms with E-state index in [1.54, 1.807) is 0 Å². The molecule has 20 heavy (non-hydrogen) atoms. The number of unbranched alkanes of at least 4 members (excludes halogenated alkanes) is 4. The van der Waals surface area contributed by atoms with Crippen molar-refractivity contribution in [2.45, 2.75) is 45.2 Å². The summed E-state index contributed by atoms with van der Waals surface area (Å²) in [6.07, 6.45) is 0.489. The highest BCUT2D eigenvalue weighted by molar-refractivity contribution is 5.37. The quantitative estimate of drug-likeness (QED) is 0.437. The lowest BCUT2D eigenvalue weighted by Crippen LogP contribution is -2.16. The minimum Gasteiger partial charge on any atom is -0.478 e. The zero-order valence-electron chi connectivity index (χ0n) is 11.3. The number of rotatable bonds is 8. The van der Waals surface area contributed by atoms with Crippen LogP contribution in [0.1, 0.15) is 44.9 Å². The van der Waals surface area contributed by atoms with Crippen LogP contribution in [0.5, 0.6) is 5.88 Å². The fourth-order valence-electron chi connectivity index (χ4n) is 1.58. The first kappa shape index (κ1) is 16.5. The van der Waals surface area contributed by atoms with Gasteiger partial charge in [-0.3, -0.25) is 0 Å². The Kier molecular flexibility index (Phi) is 6.50. The highest BCUT2D eigenvalue weighted by Crippen LogP contribution is 2.28. The van der Waals surface area contributed by atoms with Crippen LogP contribution in [0.4, 0.5) is 19.0 Å². The van der Waals surface area contributed by atoms with Crippen molar-refractivity contribution < 1.29 is 17.9 Å². The second-order valence-electron chi connectivity index (χ2n) is 4.32. The number of nitrogens with zero attached hydrogens (tertiary/aromatic N) is 2. The second-order valence-corrected chi connectivity index (χ2v) is 4.32. The molecule has 1 heterocycles. The number of nitrogen functional groups attached to an aromatic ring is 1. The Morgan fingerprint density at radius 1 is 1.20 bits per heavy atom. The van der Waals surface area contributed by atoms with Gasteiger partial charge in [0.2, 0.25) is 11.7 Å². The summed E-state index contributed by atoms with van der Waals surface area (Å²) in [7, 11) is 0. The Hall–Kier alpha value is -1.57. The molecule has 0 saturated heterocycles. The lowest BCUT2D eigenvalue weighted by Gasteiger charge is -2.10. The highest BCUT2D eigenvalue weighted by Gasteiger charge is 2.35. The van der Waals surface area contributed by atoms with Gasteiger partial charge in [0.05, 0.1) is 6.61 Å². The van der Waals surface area contributed by atoms with Crippen molar-refractivity contribution in [3.63, 3.8) is 0 Å². The maximum Gasteiger partial charge on any atom is 0.451 e. The molecule has 8 heteroatoms. The lowest BCUT2D eigenvalue weighted by molar-refractivity contribution is -0.145. The van der Waals surface area contributed by atoms with E-state index >= 15 is 0 Å². The van der Waals surface area contributed by atoms with Crippen LogP contribution < -0.4 is 16.0 Å². The van der Waals surface area contributed by atoms with Crippen LogP contribution in [0.2, 0.25) is 0 Å². The summed E-state index contributed by atoms with van der Waals surface area (Å²) in [5.41, 5.74) is 2.07. The van der Waals surface area contributed by atoms with Crippen LogP contribution in [-0.2, 0) is 6.18 Å². The summed E-state index contributed by atoms with van der Waals surface area (Å²) in [6, 6.07) is 1.24. The molecule has 5 nitrogen and oxygen atoms in total. The van der Waals surface area contributed by atoms with Crippen LogP contribution in [0, 0.1) is 0 Å². The summed E-state index contributed by atoms with van der Waals surface area (Å²) in [4.78, 5) is 6.57. The molecular weight excluding hydrogens is 273 g/mol. The van der Waals surface area contributed by atoms with Crippen molar-refractivity contribution in [1.29, 1.82) is 0 Å². The first-order valence-corrected chi connectivity index (χ1v) is 6.53. The van der Waals surface area contributed by atoms with E-state index in [2.05, 4.69) is 22.3 Å². The Morgan fingerprint density at radius 3 is 2.50 bits per heavy atom. The number of hydrazine groups is 1. The minimum absolute atomic E-state index is 0.129. The van der Waals surface area contributed by atoms with Gasteiger partial charge >= 0.3 is 6.18 Å². The summed E-state index contributed by atoms with van der Waals surface area (Å²) in [6.45, 7) is 2.43. The molecule has 0 unspecified atom stereocenters. The predicted molar refractivity (Wildman–Crippen MR) is 69.1 cm³/mol. The fourth-order valence-corrected chi connectivity index (χ4v) is 1.58. The van der Waals surface area contributed by atoms with Gasteiger partial charge in [-0.25, -0.2) is 10.8 Å². The van der Waals surface area contributed by atoms with Crippen LogP contribution >= 0.6 is 0 Å². The summed E-state index contributed by atoms with van der Waals surface area (Å²) >= 11 is 0. The van der Waals surface area contributed by atoms with E-state index in [1.807, 2.05) is 0 Å². The molecule has 0 aromatic carbocycles. The van der Waals surface area contributed by atoms with E-state index < -0.39 is 12.0 Å². The zero-order chi connectivity index (χ0) is 15.0. The van der Waals surface area contributed by atoms with Crippen LogP contribution in [-0.4, -0.2) is 16.6 Å². The van der Waals surface area contributed by atoms with Gasteiger partial charge in [0.1, 0.15) is 5.82 Å². The molecule has 0 aliphatic heterocycles. The standard InChI is InChI=1S/C12H19F3N4O/c1-2-3-4-5-6-7-20-10-8-9(19-16)17-11(18-10)12(13,14)15/h8H,2-7,16H2,1H3,(H,17,18,19). The smallest absolute Gasteiger partial charge is 0.451 e. The topological polar surface area (TPSA) is 73.1 Å². The maximum absolute atomic E-state index is 12.6. The van der Waals surface area contributed by atoms with Crippen molar-refractivity contribution in [2.24, 2.45) is 5.84 Å². The Bertz CT molecular complexity index is 412. The monoisotopic (exact) mass is 292 g/mol. The van der Waals surface area contributed by atoms with Gasteiger partial charge in [0, 0.05) is 6.07 Å². The fraction of sp³-hybridized carbons (Fsp3) is 0.667. The van der Waals surface area contributed by atoms with Crippen molar-refractivity contribution >= 4 is 5.82 Å². The SMILES string of the molecule is CCCCCCCOc1cc(NN)nc(C(F)(F)F)n1. The summed E-state index contributed by atoms with van der Waals surface area (Å²) in [5.74, 6) is 3.55. The van der Waals surface area contributed by atoms with E-state index in [0.29, 0.717) is 6.61 Å². The zero-order valence-corrected chi connectivity index (χ0v) is 11.3. The highest BCUT2D eigenvalue weighted by atomic mass is 19.4. The Morgan fingerprint density at radius 2 is 1.90 bits per heavy atom. The minimum atomic E-state index is -4.63. The van der Waals surface area contributed by atoms with Crippen LogP contribution in [0.25, 0.3) is 0 Å². The molecule has 0 aliphatic carbocycles. The number of alkyl halides is 3. The third kappa shape index (κ3) is 5.60. The summed E-state index contributed by atoms with van der Waals surface area (Å²) in [5, 5.41) is 0. The van der Waals surface area contributed by atoms with Gasteiger partial charge in [-0.05, 0) is 6.42 Å². The average molecular weight is 292 g/mol. The third-order valence-corrected chi connectivity index (χ3v) is 2.60. The normalized spacial score (nSPS) is 11.4. The molecule has 1 aromatic rings. The Balaban J connectivity index is 2.56. The molecule has 0 saturated carbocycles. The van der Waals surface area contributed by atoms with Crippen LogP contribution in [0.3, 0.4) is 0 Å². The molecule has 0 aliphatic rings. The average Bonchev–Trinajstić information content (AvgIpc) is 2.41. The number of hydrogen-bond donors (Lipinski definition) is 2. The molecule has 1 rings (SSSR count). The number of nitrogens with two attached hydrogens (primary N) is 1. The van der Waals surface area contributed by atoms with E-state index in [1.165, 1.54) is 6.07 Å². The number of hydrogen-bond acceptors (Lipinski definition) is 5. The van der Waals surface area contributed by atoms with Gasteiger partial charge in [0.25, 0.3) is 0 Å². The van der Waals surface area contributed by atoms with Crippen molar-refractivity contribution in [3.05, 3.63) is 11.9 Å². The van der Waals surface area contributed by atoms with Gasteiger partial charge < -0.3 is 10.2 Å². The molecule has 3 N–H and O–H groups in total. The number of aromatic nitrogens is 2. The molecule has 0 spiro atoms. The molecule has 0 atom stereocenters. The molecule has 0 amide bonds. The van der Waals surface area contributed by atoms with E-state index in [-0.39, 0.29) is 11.7 Å². The number of anilines is 1. The van der Waals surface area contributed by atoms with Crippen molar-refractivity contribution in [2.75, 3.05) is 12.0 Å². The number of nitrogens with one attached hydrogen (secondary N) is 1. The number of ether oxygens (including phenoxy) is 1. The van der Waals surface area contributed by atoms with Gasteiger partial charge in [0.15, 0.2) is 0 Å². The predicted octanol–water partition coefficient (Wildman–Crippen LogP) is 3.13. The van der Waals surface area contributed by atoms with Crippen LogP contribution in [0.15, 0.2) is 6.07 Å². The van der Waals surface area contributed by atoms with E-state index in [9.17, 15) is 13.2 Å². The van der Waals surface area contributed by atoms with Gasteiger partial charge in [-0.1, -0.05) is 32.6 Å². The molecule has 0 bridgehead atoms. The second kappa shape index (κ2) is 7.88. The van der Waals surface area contributed by atoms with E-state index in [0.717, 1.165) is 32.1 Å². The molecule has 1 aromatic heterocycles. The van der Waals surface area contributed by atoms with Crippen molar-refractivity contribution in [1.82, 2.24) is 9.97 Å². The largest absolute Gasteiger partial charge is 0.478 e. The first-order chi connectivity index (χ1) is 9.47. The third-order valence-electron chi connectivity index (χ3n) is 2.60. The Labute approximate surface area is 115 Å². The van der Waals surface area contributed by atoms with Gasteiger partial charge in [-0.15, -0.1) is 0 Å². The molecular formula is C12H19F3N4O. The lowest BCUT2D eigenvalue weighted by atomic mass is 10.2. The molecule has 0 fully saturated rings. The van der Waals surface area contributed by atoms with E-state index in [4.69, 9.17) is 10.6 Å². The molecule has 114 valence electrons. The number of halogens is 3.